The van der Waals surface area contributed by atoms with Gasteiger partial charge >= 0.3 is 0 Å². The SMILES string of the molecule is CC1(C)CCN(Cc2nc(N)ccc2Cl)CCS1. The first kappa shape index (κ1) is 14.0. The third kappa shape index (κ3) is 3.77. The number of halogens is 1. The van der Waals surface area contributed by atoms with Crippen LogP contribution in [-0.2, 0) is 6.54 Å². The molecule has 0 radical (unpaired) electrons. The Morgan fingerprint density at radius 1 is 1.44 bits per heavy atom. The molecule has 0 atom stereocenters. The van der Waals surface area contributed by atoms with E-state index in [9.17, 15) is 0 Å². The Kier molecular flexibility index (Phi) is 4.41. The highest BCUT2D eigenvalue weighted by molar-refractivity contribution is 8.00. The van der Waals surface area contributed by atoms with Crippen molar-refractivity contribution in [2.24, 2.45) is 0 Å². The van der Waals surface area contributed by atoms with Crippen molar-refractivity contribution in [1.82, 2.24) is 9.88 Å². The highest BCUT2D eigenvalue weighted by atomic mass is 35.5. The first-order chi connectivity index (χ1) is 8.46. The van der Waals surface area contributed by atoms with Gasteiger partial charge in [0.2, 0.25) is 0 Å². The van der Waals surface area contributed by atoms with Crippen LogP contribution in [-0.4, -0.2) is 33.5 Å². The van der Waals surface area contributed by atoms with Crippen molar-refractivity contribution in [3.8, 4) is 0 Å². The fraction of sp³-hybridized carbons (Fsp3) is 0.615. The summed E-state index contributed by atoms with van der Waals surface area (Å²) >= 11 is 8.21. The van der Waals surface area contributed by atoms with Crippen LogP contribution in [0.3, 0.4) is 0 Å². The molecule has 1 fully saturated rings. The monoisotopic (exact) mass is 285 g/mol. The Morgan fingerprint density at radius 3 is 3.00 bits per heavy atom. The quantitative estimate of drug-likeness (QED) is 0.907. The van der Waals surface area contributed by atoms with E-state index in [0.29, 0.717) is 15.6 Å². The molecule has 3 nitrogen and oxygen atoms in total. The average Bonchev–Trinajstić information content (AvgIpc) is 2.46. The molecule has 0 aliphatic carbocycles. The Labute approximate surface area is 118 Å². The largest absolute Gasteiger partial charge is 0.384 e. The molecule has 0 unspecified atom stereocenters. The molecule has 1 saturated heterocycles. The van der Waals surface area contributed by atoms with Crippen LogP contribution in [0, 0.1) is 0 Å². The minimum Gasteiger partial charge on any atom is -0.384 e. The molecule has 1 aromatic rings. The minimum absolute atomic E-state index is 0.377. The highest BCUT2D eigenvalue weighted by Gasteiger charge is 2.24. The predicted molar refractivity (Wildman–Crippen MR) is 80.1 cm³/mol. The molecule has 2 heterocycles. The third-order valence-corrected chi connectivity index (χ3v) is 4.96. The number of aromatic nitrogens is 1. The molecule has 0 amide bonds. The van der Waals surface area contributed by atoms with Crippen molar-refractivity contribution >= 4 is 29.2 Å². The maximum atomic E-state index is 6.16. The second kappa shape index (κ2) is 5.68. The number of thioether (sulfide) groups is 1. The van der Waals surface area contributed by atoms with Crippen molar-refractivity contribution in [3.05, 3.63) is 22.8 Å². The van der Waals surface area contributed by atoms with Gasteiger partial charge in [0.05, 0.1) is 10.7 Å². The Hall–Kier alpha value is -0.450. The molecule has 1 aromatic heterocycles. The van der Waals surface area contributed by atoms with Gasteiger partial charge in [-0.3, -0.25) is 4.90 Å². The van der Waals surface area contributed by atoms with E-state index in [-0.39, 0.29) is 0 Å². The maximum absolute atomic E-state index is 6.16. The van der Waals surface area contributed by atoms with E-state index in [1.807, 2.05) is 17.8 Å². The summed E-state index contributed by atoms with van der Waals surface area (Å²) in [5, 5.41) is 0.709. The number of hydrogen-bond acceptors (Lipinski definition) is 4. The van der Waals surface area contributed by atoms with Crippen LogP contribution in [0.25, 0.3) is 0 Å². The van der Waals surface area contributed by atoms with Crippen LogP contribution in [0.5, 0.6) is 0 Å². The summed E-state index contributed by atoms with van der Waals surface area (Å²) in [4.78, 5) is 6.74. The second-order valence-corrected chi connectivity index (χ2v) is 7.51. The summed E-state index contributed by atoms with van der Waals surface area (Å²) in [6.07, 6.45) is 1.19. The normalized spacial score (nSPS) is 20.6. The average molecular weight is 286 g/mol. The van der Waals surface area contributed by atoms with Gasteiger partial charge in [0.1, 0.15) is 5.82 Å². The smallest absolute Gasteiger partial charge is 0.123 e. The Bertz CT molecular complexity index is 423. The van der Waals surface area contributed by atoms with E-state index < -0.39 is 0 Å². The molecule has 2 rings (SSSR count). The molecule has 0 spiro atoms. The molecule has 2 N–H and O–H groups in total. The number of anilines is 1. The Balaban J connectivity index is 2.03. The van der Waals surface area contributed by atoms with Crippen LogP contribution in [0.1, 0.15) is 26.0 Å². The minimum atomic E-state index is 0.377. The van der Waals surface area contributed by atoms with Gasteiger partial charge in [-0.2, -0.15) is 11.8 Å². The van der Waals surface area contributed by atoms with E-state index in [1.165, 1.54) is 6.42 Å². The number of rotatable bonds is 2. The van der Waals surface area contributed by atoms with Gasteiger partial charge in [0.25, 0.3) is 0 Å². The van der Waals surface area contributed by atoms with Crippen molar-refractivity contribution in [3.63, 3.8) is 0 Å². The molecule has 0 bridgehead atoms. The molecular formula is C13H20ClN3S. The standard InChI is InChI=1S/C13H20ClN3S/c1-13(2)5-6-17(7-8-18-13)9-11-10(14)3-4-12(15)16-11/h3-4H,5-9H2,1-2H3,(H2,15,16). The van der Waals surface area contributed by atoms with E-state index in [2.05, 4.69) is 23.7 Å². The van der Waals surface area contributed by atoms with Crippen LogP contribution in [0.4, 0.5) is 5.82 Å². The highest BCUT2D eigenvalue weighted by Crippen LogP contribution is 2.31. The molecule has 0 saturated carbocycles. The van der Waals surface area contributed by atoms with E-state index >= 15 is 0 Å². The summed E-state index contributed by atoms with van der Waals surface area (Å²) in [6.45, 7) is 7.59. The second-order valence-electron chi connectivity index (χ2n) is 5.30. The van der Waals surface area contributed by atoms with Crippen molar-refractivity contribution < 1.29 is 0 Å². The zero-order valence-electron chi connectivity index (χ0n) is 10.9. The van der Waals surface area contributed by atoms with Gasteiger partial charge in [-0.15, -0.1) is 0 Å². The van der Waals surface area contributed by atoms with E-state index in [1.54, 1.807) is 6.07 Å². The molecule has 1 aliphatic heterocycles. The molecule has 1 aliphatic rings. The summed E-state index contributed by atoms with van der Waals surface area (Å²) in [6, 6.07) is 3.57. The van der Waals surface area contributed by atoms with Gasteiger partial charge in [-0.05, 0) is 25.1 Å². The van der Waals surface area contributed by atoms with Gasteiger partial charge in [0, 0.05) is 23.6 Å². The fourth-order valence-electron chi connectivity index (χ4n) is 2.04. The van der Waals surface area contributed by atoms with Crippen molar-refractivity contribution in [2.45, 2.75) is 31.6 Å². The van der Waals surface area contributed by atoms with Gasteiger partial charge < -0.3 is 5.73 Å². The lowest BCUT2D eigenvalue weighted by molar-refractivity contribution is 0.273. The topological polar surface area (TPSA) is 42.2 Å². The fourth-order valence-corrected chi connectivity index (χ4v) is 3.35. The first-order valence-corrected chi connectivity index (χ1v) is 7.60. The number of hydrogen-bond donors (Lipinski definition) is 1. The molecule has 0 aromatic carbocycles. The van der Waals surface area contributed by atoms with Gasteiger partial charge in [-0.25, -0.2) is 4.98 Å². The zero-order chi connectivity index (χ0) is 13.2. The Morgan fingerprint density at radius 2 is 2.22 bits per heavy atom. The van der Waals surface area contributed by atoms with Crippen molar-refractivity contribution in [2.75, 3.05) is 24.6 Å². The third-order valence-electron chi connectivity index (χ3n) is 3.24. The van der Waals surface area contributed by atoms with Crippen LogP contribution in [0.2, 0.25) is 5.02 Å². The summed E-state index contributed by atoms with van der Waals surface area (Å²) < 4.78 is 0.377. The molecule has 18 heavy (non-hydrogen) atoms. The maximum Gasteiger partial charge on any atom is 0.123 e. The predicted octanol–water partition coefficient (Wildman–Crippen LogP) is 3.03. The summed E-state index contributed by atoms with van der Waals surface area (Å²) in [7, 11) is 0. The lowest BCUT2D eigenvalue weighted by atomic mass is 10.1. The van der Waals surface area contributed by atoms with Crippen LogP contribution < -0.4 is 5.73 Å². The number of nitrogens with two attached hydrogens (primary N) is 1. The number of nitrogens with zero attached hydrogens (tertiary/aromatic N) is 2. The lowest BCUT2D eigenvalue weighted by Gasteiger charge is -2.22. The number of nitrogen functional groups attached to an aromatic ring is 1. The molecule has 100 valence electrons. The van der Waals surface area contributed by atoms with E-state index in [4.69, 9.17) is 17.3 Å². The first-order valence-electron chi connectivity index (χ1n) is 6.23. The number of pyridine rings is 1. The summed E-state index contributed by atoms with van der Waals surface area (Å²) in [5.74, 6) is 1.70. The summed E-state index contributed by atoms with van der Waals surface area (Å²) in [5.41, 5.74) is 6.60. The molecular weight excluding hydrogens is 266 g/mol. The zero-order valence-corrected chi connectivity index (χ0v) is 12.5. The van der Waals surface area contributed by atoms with Gasteiger partial charge in [0.15, 0.2) is 0 Å². The van der Waals surface area contributed by atoms with Crippen LogP contribution in [0.15, 0.2) is 12.1 Å². The van der Waals surface area contributed by atoms with Crippen LogP contribution >= 0.6 is 23.4 Å². The van der Waals surface area contributed by atoms with Gasteiger partial charge in [-0.1, -0.05) is 25.4 Å². The van der Waals surface area contributed by atoms with E-state index in [0.717, 1.165) is 31.1 Å². The van der Waals surface area contributed by atoms with Crippen molar-refractivity contribution in [1.29, 1.82) is 0 Å². The lowest BCUT2D eigenvalue weighted by Crippen LogP contribution is -2.27. The molecule has 5 heteroatoms.